The fraction of sp³-hybridized carbons (Fsp3) is 0.517. The second kappa shape index (κ2) is 9.97. The quantitative estimate of drug-likeness (QED) is 0.228. The Hall–Kier alpha value is -3.74. The van der Waals surface area contributed by atoms with Crippen LogP contribution in [0.4, 0.5) is 0 Å². The van der Waals surface area contributed by atoms with E-state index in [0.717, 1.165) is 0 Å². The summed E-state index contributed by atoms with van der Waals surface area (Å²) in [4.78, 5) is 80.4. The summed E-state index contributed by atoms with van der Waals surface area (Å²) in [6.45, 7) is 7.02. The van der Waals surface area contributed by atoms with Gasteiger partial charge in [-0.1, -0.05) is 13.0 Å². The van der Waals surface area contributed by atoms with Crippen LogP contribution in [-0.4, -0.2) is 92.5 Å². The number of aliphatic hydroxyl groups excluding tert-OH is 1. The number of nitrogens with two attached hydrogens (primary N) is 1. The molecule has 8 atom stereocenters. The van der Waals surface area contributed by atoms with Crippen LogP contribution in [0.15, 0.2) is 18.2 Å². The third kappa shape index (κ3) is 4.50. The Morgan fingerprint density at radius 2 is 1.71 bits per heavy atom. The monoisotopic (exact) mass is 569 g/mol. The second-order valence-electron chi connectivity index (χ2n) is 12.4. The maximum absolute atomic E-state index is 14.0. The molecular weight excluding hydrogens is 534 g/mol. The number of nitrogens with zero attached hydrogens (tertiary/aromatic N) is 1. The molecule has 220 valence electrons. The van der Waals surface area contributed by atoms with Crippen molar-refractivity contribution in [2.24, 2.45) is 29.4 Å². The number of amides is 2. The van der Waals surface area contributed by atoms with Crippen LogP contribution in [0.25, 0.3) is 6.08 Å². The number of aliphatic hydroxyl groups is 2. The molecule has 6 N–H and O–H groups in total. The number of carbonyl (C=O) groups is 6. The number of rotatable bonds is 4. The molecule has 0 heterocycles. The van der Waals surface area contributed by atoms with Crippen LogP contribution < -0.4 is 11.1 Å². The number of Topliss-reactive ketones (excluding diaryl/α,β-unsaturated/α-hetero) is 4. The van der Waals surface area contributed by atoms with Crippen LogP contribution in [0.3, 0.4) is 0 Å². The van der Waals surface area contributed by atoms with E-state index in [9.17, 15) is 44.1 Å². The molecule has 3 aliphatic carbocycles. The van der Waals surface area contributed by atoms with Crippen molar-refractivity contribution in [3.8, 4) is 5.75 Å². The summed E-state index contributed by atoms with van der Waals surface area (Å²) in [5.74, 6) is -14.5. The first-order valence-electron chi connectivity index (χ1n) is 13.2. The third-order valence-electron chi connectivity index (χ3n) is 8.41. The number of carbonyl (C=O) groups excluding carboxylic acids is 6. The van der Waals surface area contributed by atoms with Crippen LogP contribution >= 0.6 is 0 Å². The number of nitrogens with one attached hydrogen (secondary N) is 1. The van der Waals surface area contributed by atoms with Gasteiger partial charge < -0.3 is 26.4 Å². The predicted molar refractivity (Wildman–Crippen MR) is 144 cm³/mol. The van der Waals surface area contributed by atoms with Gasteiger partial charge in [0.25, 0.3) is 0 Å². The number of fused-ring (bicyclic) bond motifs is 3. The summed E-state index contributed by atoms with van der Waals surface area (Å²) in [5, 5.41) is 36.9. The van der Waals surface area contributed by atoms with Crippen LogP contribution in [0.2, 0.25) is 0 Å². The molecule has 0 spiro atoms. The van der Waals surface area contributed by atoms with E-state index in [0.29, 0.717) is 5.56 Å². The van der Waals surface area contributed by atoms with E-state index in [-0.39, 0.29) is 11.1 Å². The van der Waals surface area contributed by atoms with Crippen molar-refractivity contribution in [1.29, 1.82) is 0 Å². The van der Waals surface area contributed by atoms with Gasteiger partial charge in [-0.2, -0.15) is 0 Å². The first-order valence-corrected chi connectivity index (χ1v) is 13.2. The minimum absolute atomic E-state index is 0.241. The van der Waals surface area contributed by atoms with Gasteiger partial charge in [-0.15, -0.1) is 0 Å². The van der Waals surface area contributed by atoms with Gasteiger partial charge in [0.05, 0.1) is 29.5 Å². The van der Waals surface area contributed by atoms with Crippen LogP contribution in [0.5, 0.6) is 5.75 Å². The predicted octanol–water partition coefficient (Wildman–Crippen LogP) is -0.673. The highest BCUT2D eigenvalue weighted by Crippen LogP contribution is 2.55. The van der Waals surface area contributed by atoms with Crippen molar-refractivity contribution >= 4 is 41.0 Å². The average Bonchev–Trinajstić information content (AvgIpc) is 2.84. The maximum atomic E-state index is 14.0. The molecule has 2 amide bonds. The van der Waals surface area contributed by atoms with E-state index in [1.165, 1.54) is 43.3 Å². The van der Waals surface area contributed by atoms with Crippen molar-refractivity contribution < 1.29 is 44.1 Å². The number of benzene rings is 1. The van der Waals surface area contributed by atoms with Crippen molar-refractivity contribution in [2.45, 2.75) is 56.9 Å². The molecule has 0 saturated heterocycles. The number of phenolic OH excluding ortho intramolecular Hbond substituents is 1. The third-order valence-corrected chi connectivity index (χ3v) is 8.41. The summed E-state index contributed by atoms with van der Waals surface area (Å²) in [5.41, 5.74) is 2.13. The number of hydrogen-bond donors (Lipinski definition) is 5. The van der Waals surface area contributed by atoms with E-state index in [2.05, 4.69) is 5.32 Å². The Labute approximate surface area is 236 Å². The zero-order valence-electron chi connectivity index (χ0n) is 23.7. The molecule has 0 aliphatic heterocycles. The average molecular weight is 570 g/mol. The number of likely N-dealkylation sites (N-methyl/N-ethyl adjacent to an activating group) is 1. The van der Waals surface area contributed by atoms with Crippen molar-refractivity contribution in [3.05, 3.63) is 34.9 Å². The summed E-state index contributed by atoms with van der Waals surface area (Å²) in [6.07, 6.45) is 0.963. The highest BCUT2D eigenvalue weighted by molar-refractivity contribution is 6.32. The molecule has 2 fully saturated rings. The summed E-state index contributed by atoms with van der Waals surface area (Å²) < 4.78 is 0. The summed E-state index contributed by atoms with van der Waals surface area (Å²) >= 11 is 0. The maximum Gasteiger partial charge on any atom is 0.244 e. The summed E-state index contributed by atoms with van der Waals surface area (Å²) in [7, 11) is 2.85. The lowest BCUT2D eigenvalue weighted by atomic mass is 9.49. The zero-order valence-corrected chi connectivity index (χ0v) is 23.7. The molecule has 0 bridgehead atoms. The molecule has 3 aliphatic rings. The Morgan fingerprint density at radius 1 is 1.10 bits per heavy atom. The molecule has 0 aromatic heterocycles. The first-order chi connectivity index (χ1) is 18.9. The molecule has 4 rings (SSSR count). The Balaban J connectivity index is 1.89. The smallest absolute Gasteiger partial charge is 0.244 e. The highest BCUT2D eigenvalue weighted by atomic mass is 16.3. The lowest BCUT2D eigenvalue weighted by Gasteiger charge is -2.56. The second-order valence-corrected chi connectivity index (χ2v) is 12.4. The number of primary amides is 1. The Kier molecular flexibility index (Phi) is 7.35. The molecule has 0 radical (unpaired) electrons. The van der Waals surface area contributed by atoms with E-state index in [1.807, 2.05) is 0 Å². The van der Waals surface area contributed by atoms with Gasteiger partial charge in [-0.05, 0) is 64.1 Å². The Morgan fingerprint density at radius 3 is 2.24 bits per heavy atom. The van der Waals surface area contributed by atoms with Gasteiger partial charge >= 0.3 is 0 Å². The van der Waals surface area contributed by atoms with Crippen LogP contribution in [0.1, 0.15) is 55.1 Å². The van der Waals surface area contributed by atoms with E-state index >= 15 is 0 Å². The van der Waals surface area contributed by atoms with Gasteiger partial charge in [0.15, 0.2) is 34.7 Å². The van der Waals surface area contributed by atoms with Crippen LogP contribution in [0, 0.1) is 23.7 Å². The lowest BCUT2D eigenvalue weighted by molar-refractivity contribution is -0.196. The lowest BCUT2D eigenvalue weighted by Crippen LogP contribution is -2.77. The van der Waals surface area contributed by atoms with E-state index in [1.54, 1.807) is 27.7 Å². The van der Waals surface area contributed by atoms with Gasteiger partial charge in [-0.3, -0.25) is 33.7 Å². The molecule has 41 heavy (non-hydrogen) atoms. The number of aromatic hydroxyl groups is 1. The van der Waals surface area contributed by atoms with E-state index in [4.69, 9.17) is 5.73 Å². The normalized spacial score (nSPS) is 33.4. The standard InChI is InChI=1S/C29H35N3O9/c1-11-15-12(8-10-14(34)31-28(2,3)4)7-9-13(33)17(15)22(35)18-16(11)23(36)20-21(32(5)6)24(37)19(27(30)40)26(39)29(20,41)25(18)38/h7-11,16,18-21,23,33,36,41H,1-6H3,(H2,30,40)(H,31,34)/t11-,16+,18?,19?,20+,21-,23-,29-/m1/s1. The fourth-order valence-electron chi connectivity index (χ4n) is 6.82. The molecule has 12 nitrogen and oxygen atoms in total. The van der Waals surface area contributed by atoms with Crippen molar-refractivity contribution in [1.82, 2.24) is 10.2 Å². The minimum atomic E-state index is -3.06. The van der Waals surface area contributed by atoms with E-state index < -0.39 is 93.6 Å². The summed E-state index contributed by atoms with van der Waals surface area (Å²) in [6, 6.07) is 1.26. The zero-order chi connectivity index (χ0) is 30.9. The first kappa shape index (κ1) is 30.2. The fourth-order valence-corrected chi connectivity index (χ4v) is 6.82. The van der Waals surface area contributed by atoms with Crippen LogP contribution in [-0.2, 0) is 24.0 Å². The highest BCUT2D eigenvalue weighted by Gasteiger charge is 2.73. The molecular formula is C29H35N3O9. The van der Waals surface area contributed by atoms with Gasteiger partial charge in [-0.25, -0.2) is 0 Å². The number of phenols is 1. The van der Waals surface area contributed by atoms with Crippen molar-refractivity contribution in [3.63, 3.8) is 0 Å². The number of hydrogen-bond acceptors (Lipinski definition) is 10. The largest absolute Gasteiger partial charge is 0.507 e. The van der Waals surface area contributed by atoms with Gasteiger partial charge in [0, 0.05) is 17.5 Å². The molecule has 1 aromatic rings. The molecule has 2 saturated carbocycles. The minimum Gasteiger partial charge on any atom is -0.507 e. The van der Waals surface area contributed by atoms with Gasteiger partial charge in [0.2, 0.25) is 11.8 Å². The Bertz CT molecular complexity index is 1410. The SMILES string of the molecule is C[C@@H]1c2c(C=CC(=O)NC(C)(C)C)ccc(O)c2C(=O)C2C(=O)[C@@]3(O)C(=O)C(C(N)=O)C(=O)[C@H](N(C)C)[C@H]3[C@H](O)[C@H]21. The molecule has 1 aromatic carbocycles. The molecule has 12 heteroatoms. The molecule has 2 unspecified atom stereocenters. The number of ketones is 4. The topological polar surface area (TPSA) is 204 Å². The van der Waals surface area contributed by atoms with Crippen molar-refractivity contribution in [2.75, 3.05) is 14.1 Å². The van der Waals surface area contributed by atoms with Gasteiger partial charge in [0.1, 0.15) is 5.75 Å².